The van der Waals surface area contributed by atoms with Gasteiger partial charge in [-0.2, -0.15) is 4.39 Å². The zero-order chi connectivity index (χ0) is 16.0. The van der Waals surface area contributed by atoms with Crippen molar-refractivity contribution in [3.05, 3.63) is 39.4 Å². The topological polar surface area (TPSA) is 81.5 Å². The van der Waals surface area contributed by atoms with Gasteiger partial charge < -0.3 is 10.1 Å². The van der Waals surface area contributed by atoms with E-state index < -0.39 is 33.7 Å². The third kappa shape index (κ3) is 5.01. The van der Waals surface area contributed by atoms with E-state index >= 15 is 0 Å². The molecule has 6 nitrogen and oxygen atoms in total. The molecule has 21 heavy (non-hydrogen) atoms. The number of carbonyl (C=O) groups excluding carboxylic acids is 1. The summed E-state index contributed by atoms with van der Waals surface area (Å²) in [5.41, 5.74) is -1.77. The zero-order valence-electron chi connectivity index (χ0n) is 11.1. The Hall–Kier alpha value is -1.61. The summed E-state index contributed by atoms with van der Waals surface area (Å²) in [4.78, 5) is 21.2. The number of halogens is 3. The average Bonchev–Trinajstić information content (AvgIpc) is 2.40. The molecule has 1 amide bonds. The van der Waals surface area contributed by atoms with Crippen LogP contribution in [0.2, 0.25) is 0 Å². The molecule has 0 radical (unpaired) electrons. The summed E-state index contributed by atoms with van der Waals surface area (Å²) < 4.78 is 31.8. The van der Waals surface area contributed by atoms with Crippen LogP contribution in [0.15, 0.2) is 12.1 Å². The van der Waals surface area contributed by atoms with Gasteiger partial charge in [0.1, 0.15) is 5.82 Å². The highest BCUT2D eigenvalue weighted by Gasteiger charge is 2.24. The van der Waals surface area contributed by atoms with Gasteiger partial charge in [-0.05, 0) is 12.5 Å². The van der Waals surface area contributed by atoms with Crippen LogP contribution in [0.1, 0.15) is 16.8 Å². The van der Waals surface area contributed by atoms with Crippen LogP contribution in [-0.2, 0) is 4.74 Å². The summed E-state index contributed by atoms with van der Waals surface area (Å²) in [6.07, 6.45) is 0.499. The number of nitrogens with one attached hydrogen (secondary N) is 1. The number of hydrogen-bond acceptors (Lipinski definition) is 4. The number of methoxy groups -OCH3 is 1. The van der Waals surface area contributed by atoms with Crippen LogP contribution < -0.4 is 5.32 Å². The number of amides is 1. The highest BCUT2D eigenvalue weighted by molar-refractivity contribution is 9.09. The van der Waals surface area contributed by atoms with Crippen LogP contribution in [0.3, 0.4) is 0 Å². The molecule has 1 aromatic carbocycles. The van der Waals surface area contributed by atoms with E-state index in [1.165, 1.54) is 7.11 Å². The first kappa shape index (κ1) is 17.4. The van der Waals surface area contributed by atoms with Crippen molar-refractivity contribution in [2.24, 2.45) is 0 Å². The number of nitrogens with zero attached hydrogens (tertiary/aromatic N) is 1. The summed E-state index contributed by atoms with van der Waals surface area (Å²) in [5, 5.41) is 12.9. The van der Waals surface area contributed by atoms with Crippen molar-refractivity contribution in [3.63, 3.8) is 0 Å². The number of nitro groups is 1. The molecular formula is C12H13BrF2N2O4. The Kier molecular flexibility index (Phi) is 6.63. The monoisotopic (exact) mass is 366 g/mol. The van der Waals surface area contributed by atoms with Crippen molar-refractivity contribution < 1.29 is 23.2 Å². The lowest BCUT2D eigenvalue weighted by atomic mass is 10.1. The minimum Gasteiger partial charge on any atom is -0.384 e. The molecule has 0 spiro atoms. The molecule has 0 bridgehead atoms. The quantitative estimate of drug-likeness (QED) is 0.456. The second-order valence-electron chi connectivity index (χ2n) is 4.14. The fourth-order valence-corrected chi connectivity index (χ4v) is 2.07. The standard InChI is InChI=1S/C12H13BrF2N2O4/c1-21-6-7(13)2-3-16-12(18)9-4-8(14)5-10(11(9)15)17(19)20/h4-5,7H,2-3,6H2,1H3,(H,16,18). The Balaban J connectivity index is 2.77. The molecule has 0 heterocycles. The van der Waals surface area contributed by atoms with Crippen molar-refractivity contribution in [2.75, 3.05) is 20.3 Å². The van der Waals surface area contributed by atoms with Crippen LogP contribution in [0.25, 0.3) is 0 Å². The summed E-state index contributed by atoms with van der Waals surface area (Å²) >= 11 is 3.30. The molecule has 9 heteroatoms. The second-order valence-corrected chi connectivity index (χ2v) is 5.44. The Morgan fingerprint density at radius 1 is 1.52 bits per heavy atom. The highest BCUT2D eigenvalue weighted by Crippen LogP contribution is 2.22. The van der Waals surface area contributed by atoms with E-state index in [4.69, 9.17) is 4.74 Å². The molecule has 1 atom stereocenters. The van der Waals surface area contributed by atoms with Gasteiger partial charge in [0, 0.05) is 18.5 Å². The fourth-order valence-electron chi connectivity index (χ4n) is 1.57. The van der Waals surface area contributed by atoms with Gasteiger partial charge in [-0.15, -0.1) is 0 Å². The maximum absolute atomic E-state index is 13.8. The molecular weight excluding hydrogens is 354 g/mol. The van der Waals surface area contributed by atoms with Crippen LogP contribution in [0.4, 0.5) is 14.5 Å². The van der Waals surface area contributed by atoms with Crippen LogP contribution in [-0.4, -0.2) is 35.9 Å². The van der Waals surface area contributed by atoms with E-state index in [0.29, 0.717) is 25.2 Å². The second kappa shape index (κ2) is 7.99. The molecule has 1 rings (SSSR count). The van der Waals surface area contributed by atoms with Crippen molar-refractivity contribution >= 4 is 27.5 Å². The van der Waals surface area contributed by atoms with E-state index in [9.17, 15) is 23.7 Å². The van der Waals surface area contributed by atoms with E-state index in [1.807, 2.05) is 0 Å². The Morgan fingerprint density at radius 3 is 2.76 bits per heavy atom. The average molecular weight is 367 g/mol. The van der Waals surface area contributed by atoms with Crippen molar-refractivity contribution in [1.29, 1.82) is 0 Å². The SMILES string of the molecule is COCC(Br)CCNC(=O)c1cc(F)cc([N+](=O)[O-])c1F. The van der Waals surface area contributed by atoms with Crippen LogP contribution in [0, 0.1) is 21.7 Å². The van der Waals surface area contributed by atoms with Gasteiger partial charge in [0.05, 0.1) is 23.2 Å². The molecule has 0 fully saturated rings. The van der Waals surface area contributed by atoms with Crippen LogP contribution in [0.5, 0.6) is 0 Å². The molecule has 0 aliphatic rings. The molecule has 1 unspecified atom stereocenters. The maximum atomic E-state index is 13.8. The lowest BCUT2D eigenvalue weighted by molar-refractivity contribution is -0.387. The Bertz CT molecular complexity index is 542. The highest BCUT2D eigenvalue weighted by atomic mass is 79.9. The predicted octanol–water partition coefficient (Wildman–Crippen LogP) is 2.40. The molecule has 0 aliphatic heterocycles. The minimum absolute atomic E-state index is 0.00510. The van der Waals surface area contributed by atoms with E-state index in [2.05, 4.69) is 21.2 Å². The van der Waals surface area contributed by atoms with Gasteiger partial charge in [-0.25, -0.2) is 4.39 Å². The first-order valence-electron chi connectivity index (χ1n) is 5.91. The van der Waals surface area contributed by atoms with Gasteiger partial charge in [-0.1, -0.05) is 15.9 Å². The number of rotatable bonds is 7. The zero-order valence-corrected chi connectivity index (χ0v) is 12.7. The summed E-state index contributed by atoms with van der Waals surface area (Å²) in [5.74, 6) is -3.32. The third-order valence-electron chi connectivity index (χ3n) is 2.55. The normalized spacial score (nSPS) is 12.0. The molecule has 0 aromatic heterocycles. The number of benzene rings is 1. The predicted molar refractivity (Wildman–Crippen MR) is 74.6 cm³/mol. The molecule has 1 N–H and O–H groups in total. The fraction of sp³-hybridized carbons (Fsp3) is 0.417. The lowest BCUT2D eigenvalue weighted by Gasteiger charge is -2.10. The van der Waals surface area contributed by atoms with Crippen LogP contribution >= 0.6 is 15.9 Å². The number of hydrogen-bond donors (Lipinski definition) is 1. The Labute approximate surface area is 127 Å². The lowest BCUT2D eigenvalue weighted by Crippen LogP contribution is -2.28. The summed E-state index contributed by atoms with van der Waals surface area (Å²) in [7, 11) is 1.52. The molecule has 0 saturated carbocycles. The number of alkyl halides is 1. The smallest absolute Gasteiger partial charge is 0.308 e. The molecule has 0 saturated heterocycles. The number of ether oxygens (including phenoxy) is 1. The Morgan fingerprint density at radius 2 is 2.19 bits per heavy atom. The number of nitro benzene ring substituents is 1. The van der Waals surface area contributed by atoms with Crippen molar-refractivity contribution in [1.82, 2.24) is 5.32 Å². The van der Waals surface area contributed by atoms with Gasteiger partial charge >= 0.3 is 5.69 Å². The third-order valence-corrected chi connectivity index (χ3v) is 3.27. The summed E-state index contributed by atoms with van der Waals surface area (Å²) in [6.45, 7) is 0.609. The van der Waals surface area contributed by atoms with Gasteiger partial charge in [0.25, 0.3) is 5.91 Å². The van der Waals surface area contributed by atoms with E-state index in [0.717, 1.165) is 0 Å². The number of carbonyl (C=O) groups is 1. The molecule has 1 aromatic rings. The first-order chi connectivity index (χ1) is 9.86. The maximum Gasteiger partial charge on any atom is 0.308 e. The van der Waals surface area contributed by atoms with Gasteiger partial charge in [0.15, 0.2) is 0 Å². The van der Waals surface area contributed by atoms with Crippen molar-refractivity contribution in [3.8, 4) is 0 Å². The van der Waals surface area contributed by atoms with Gasteiger partial charge in [0.2, 0.25) is 5.82 Å². The van der Waals surface area contributed by atoms with Gasteiger partial charge in [-0.3, -0.25) is 14.9 Å². The molecule has 116 valence electrons. The molecule has 0 aliphatic carbocycles. The van der Waals surface area contributed by atoms with E-state index in [1.54, 1.807) is 0 Å². The van der Waals surface area contributed by atoms with Crippen molar-refractivity contribution in [2.45, 2.75) is 11.2 Å². The largest absolute Gasteiger partial charge is 0.384 e. The first-order valence-corrected chi connectivity index (χ1v) is 6.83. The van der Waals surface area contributed by atoms with E-state index in [-0.39, 0.29) is 11.4 Å². The minimum atomic E-state index is -1.36. The summed E-state index contributed by atoms with van der Waals surface area (Å²) in [6, 6.07) is 1.05.